The van der Waals surface area contributed by atoms with Crippen LogP contribution in [0, 0.1) is 0 Å². The highest BCUT2D eigenvalue weighted by Crippen LogP contribution is 2.49. The second-order valence-electron chi connectivity index (χ2n) is 7.34. The van der Waals surface area contributed by atoms with Crippen LogP contribution in [0.3, 0.4) is 0 Å². The van der Waals surface area contributed by atoms with E-state index < -0.39 is 23.3 Å². The maximum Gasteiger partial charge on any atom is 0.328 e. The van der Waals surface area contributed by atoms with Crippen LogP contribution >= 0.6 is 11.8 Å². The average Bonchev–Trinajstić information content (AvgIpc) is 3.20. The zero-order valence-corrected chi connectivity index (χ0v) is 18.3. The third kappa shape index (κ3) is 3.78. The second kappa shape index (κ2) is 8.55. The van der Waals surface area contributed by atoms with Gasteiger partial charge in [0, 0.05) is 11.3 Å². The molecule has 9 nitrogen and oxygen atoms in total. The van der Waals surface area contributed by atoms with E-state index in [1.54, 1.807) is 55.5 Å². The van der Waals surface area contributed by atoms with Gasteiger partial charge in [0.2, 0.25) is 0 Å². The molecular weight excluding hydrogens is 442 g/mol. The molecule has 2 aliphatic rings. The fourth-order valence-corrected chi connectivity index (χ4v) is 5.03. The van der Waals surface area contributed by atoms with Gasteiger partial charge in [-0.1, -0.05) is 30.0 Å². The van der Waals surface area contributed by atoms with Crippen LogP contribution in [0.1, 0.15) is 28.9 Å². The Hall–Kier alpha value is -3.92. The Morgan fingerprint density at radius 2 is 1.88 bits per heavy atom. The summed E-state index contributed by atoms with van der Waals surface area (Å²) >= 11 is 1.26. The average molecular weight is 462 g/mol. The van der Waals surface area contributed by atoms with Crippen molar-refractivity contribution in [2.45, 2.75) is 23.2 Å². The summed E-state index contributed by atoms with van der Waals surface area (Å²) in [4.78, 5) is 47.9. The van der Waals surface area contributed by atoms with Crippen LogP contribution in [0.2, 0.25) is 0 Å². The molecule has 3 heterocycles. The number of anilines is 3. The molecule has 1 aromatic heterocycles. The number of esters is 1. The lowest BCUT2D eigenvalue weighted by atomic mass is 10.0. The number of carbonyl (C=O) groups excluding carboxylic acids is 3. The number of nitrogens with one attached hydrogen (secondary N) is 2. The number of thioether (sulfide) groups is 1. The van der Waals surface area contributed by atoms with Gasteiger partial charge in [0.15, 0.2) is 5.82 Å². The van der Waals surface area contributed by atoms with Crippen molar-refractivity contribution in [1.82, 2.24) is 15.3 Å². The standard InChI is InChI=1S/C23H19N5O4S/c1-2-32-22(30)18-17-16-19(24-12-25-21(16)33-18)28(23(31)27-17)15-10-8-14(9-11-15)26-20(29)13-6-4-3-5-7-13/h3-12,17-18H,2H2,1H3,(H,26,29)(H,27,31). The predicted molar refractivity (Wildman–Crippen MR) is 123 cm³/mol. The molecule has 2 atom stereocenters. The zero-order chi connectivity index (χ0) is 22.9. The van der Waals surface area contributed by atoms with Gasteiger partial charge in [-0.25, -0.2) is 19.7 Å². The summed E-state index contributed by atoms with van der Waals surface area (Å²) in [7, 11) is 0. The highest BCUT2D eigenvalue weighted by molar-refractivity contribution is 8.01. The van der Waals surface area contributed by atoms with E-state index in [0.717, 1.165) is 0 Å². The topological polar surface area (TPSA) is 114 Å². The molecule has 2 N–H and O–H groups in total. The Bertz CT molecular complexity index is 1240. The summed E-state index contributed by atoms with van der Waals surface area (Å²) < 4.78 is 5.17. The van der Waals surface area contributed by atoms with Crippen molar-refractivity contribution in [3.05, 3.63) is 72.1 Å². The minimum atomic E-state index is -0.614. The molecule has 0 spiro atoms. The van der Waals surface area contributed by atoms with Gasteiger partial charge in [-0.15, -0.1) is 0 Å². The molecular formula is C23H19N5O4S. The molecule has 10 heteroatoms. The third-order valence-electron chi connectivity index (χ3n) is 5.31. The number of carbonyl (C=O) groups is 3. The van der Waals surface area contributed by atoms with E-state index in [-0.39, 0.29) is 12.5 Å². The molecule has 0 saturated heterocycles. The Morgan fingerprint density at radius 1 is 1.12 bits per heavy atom. The quantitative estimate of drug-likeness (QED) is 0.440. The Balaban J connectivity index is 1.41. The minimum absolute atomic E-state index is 0.224. The number of amides is 3. The molecule has 0 fully saturated rings. The summed E-state index contributed by atoms with van der Waals surface area (Å²) in [5, 5.41) is 5.76. The van der Waals surface area contributed by atoms with Crippen molar-refractivity contribution in [2.24, 2.45) is 0 Å². The number of hydrogen-bond donors (Lipinski definition) is 2. The van der Waals surface area contributed by atoms with E-state index in [0.29, 0.717) is 33.3 Å². The van der Waals surface area contributed by atoms with Crippen molar-refractivity contribution in [1.29, 1.82) is 0 Å². The molecule has 2 aromatic carbocycles. The number of nitrogens with zero attached hydrogens (tertiary/aromatic N) is 3. The molecule has 0 bridgehead atoms. The van der Waals surface area contributed by atoms with Gasteiger partial charge >= 0.3 is 12.0 Å². The van der Waals surface area contributed by atoms with Crippen LogP contribution in [0.25, 0.3) is 0 Å². The van der Waals surface area contributed by atoms with Crippen molar-refractivity contribution in [3.8, 4) is 0 Å². The lowest BCUT2D eigenvalue weighted by molar-refractivity contribution is -0.142. The normalized spacial score (nSPS) is 18.3. The molecule has 3 aromatic rings. The first-order chi connectivity index (χ1) is 16.1. The fourth-order valence-electron chi connectivity index (χ4n) is 3.83. The summed E-state index contributed by atoms with van der Waals surface area (Å²) in [5.41, 5.74) is 2.40. The van der Waals surface area contributed by atoms with Crippen molar-refractivity contribution in [2.75, 3.05) is 16.8 Å². The number of rotatable bonds is 5. The predicted octanol–water partition coefficient (Wildman–Crippen LogP) is 3.67. The van der Waals surface area contributed by atoms with Crippen LogP contribution in [0.5, 0.6) is 0 Å². The minimum Gasteiger partial charge on any atom is -0.465 e. The van der Waals surface area contributed by atoms with Crippen molar-refractivity contribution >= 4 is 46.9 Å². The number of hydrogen-bond acceptors (Lipinski definition) is 7. The van der Waals surface area contributed by atoms with Gasteiger partial charge in [-0.2, -0.15) is 0 Å². The fraction of sp³-hybridized carbons (Fsp3) is 0.174. The summed E-state index contributed by atoms with van der Waals surface area (Å²) in [6, 6.07) is 14.8. The molecule has 0 saturated carbocycles. The van der Waals surface area contributed by atoms with Gasteiger partial charge in [-0.3, -0.25) is 9.59 Å². The van der Waals surface area contributed by atoms with Gasteiger partial charge in [0.25, 0.3) is 5.91 Å². The Morgan fingerprint density at radius 3 is 2.61 bits per heavy atom. The highest BCUT2D eigenvalue weighted by Gasteiger charge is 2.48. The summed E-state index contributed by atoms with van der Waals surface area (Å²) in [5.74, 6) is -0.199. The molecule has 2 aliphatic heterocycles. The second-order valence-corrected chi connectivity index (χ2v) is 8.47. The largest absolute Gasteiger partial charge is 0.465 e. The molecule has 166 valence electrons. The Labute approximate surface area is 193 Å². The smallest absolute Gasteiger partial charge is 0.328 e. The zero-order valence-electron chi connectivity index (χ0n) is 17.5. The van der Waals surface area contributed by atoms with Crippen molar-refractivity contribution < 1.29 is 19.1 Å². The van der Waals surface area contributed by atoms with Crippen LogP contribution in [-0.4, -0.2) is 39.7 Å². The van der Waals surface area contributed by atoms with Gasteiger partial charge < -0.3 is 15.4 Å². The number of aromatic nitrogens is 2. The molecule has 0 radical (unpaired) electrons. The maximum absolute atomic E-state index is 13.0. The molecule has 2 unspecified atom stereocenters. The van der Waals surface area contributed by atoms with Gasteiger partial charge in [0.05, 0.1) is 23.9 Å². The van der Waals surface area contributed by atoms with Crippen LogP contribution in [-0.2, 0) is 9.53 Å². The highest BCUT2D eigenvalue weighted by atomic mass is 32.2. The SMILES string of the molecule is CCOC(=O)C1Sc2ncnc3c2C1NC(=O)N3c1ccc(NC(=O)c2ccccc2)cc1. The van der Waals surface area contributed by atoms with E-state index in [9.17, 15) is 14.4 Å². The molecule has 3 amide bonds. The number of urea groups is 1. The van der Waals surface area contributed by atoms with Crippen LogP contribution in [0.15, 0.2) is 66.0 Å². The number of ether oxygens (including phenoxy) is 1. The van der Waals surface area contributed by atoms with E-state index in [2.05, 4.69) is 20.6 Å². The van der Waals surface area contributed by atoms with Gasteiger partial charge in [-0.05, 0) is 43.3 Å². The first kappa shape index (κ1) is 21.0. The van der Waals surface area contributed by atoms with Crippen LogP contribution < -0.4 is 15.5 Å². The first-order valence-corrected chi connectivity index (χ1v) is 11.2. The van der Waals surface area contributed by atoms with Gasteiger partial charge in [0.1, 0.15) is 16.6 Å². The van der Waals surface area contributed by atoms with E-state index in [1.165, 1.54) is 23.0 Å². The summed E-state index contributed by atoms with van der Waals surface area (Å²) in [6.45, 7) is 1.99. The maximum atomic E-state index is 13.0. The molecule has 33 heavy (non-hydrogen) atoms. The Kier molecular flexibility index (Phi) is 5.43. The number of benzene rings is 2. The van der Waals surface area contributed by atoms with Crippen molar-refractivity contribution in [3.63, 3.8) is 0 Å². The van der Waals surface area contributed by atoms with E-state index in [4.69, 9.17) is 4.74 Å². The summed E-state index contributed by atoms with van der Waals surface area (Å²) in [6.07, 6.45) is 1.38. The van der Waals surface area contributed by atoms with E-state index >= 15 is 0 Å². The monoisotopic (exact) mass is 461 g/mol. The lowest BCUT2D eigenvalue weighted by Gasteiger charge is -2.32. The first-order valence-electron chi connectivity index (χ1n) is 10.3. The van der Waals surface area contributed by atoms with Crippen LogP contribution in [0.4, 0.5) is 22.0 Å². The van der Waals surface area contributed by atoms with E-state index in [1.807, 2.05) is 6.07 Å². The molecule has 0 aliphatic carbocycles. The lowest BCUT2D eigenvalue weighted by Crippen LogP contribution is -2.47. The molecule has 5 rings (SSSR count). The third-order valence-corrected chi connectivity index (χ3v) is 6.58.